The first kappa shape index (κ1) is 23.0. The van der Waals surface area contributed by atoms with Crippen molar-refractivity contribution in [2.24, 2.45) is 10.9 Å². The minimum atomic E-state index is -1.29. The molecular formula is C15H17N7O6S3. The molecule has 3 heterocycles. The van der Waals surface area contributed by atoms with Crippen LogP contribution in [0.4, 0.5) is 5.13 Å². The third-order valence-electron chi connectivity index (χ3n) is 4.14. The predicted octanol–water partition coefficient (Wildman–Crippen LogP) is -1.44. The van der Waals surface area contributed by atoms with Crippen LogP contribution in [0.2, 0.25) is 0 Å². The van der Waals surface area contributed by atoms with Crippen LogP contribution in [0.15, 0.2) is 27.2 Å². The number of aliphatic hydroxyl groups is 1. The van der Waals surface area contributed by atoms with Gasteiger partial charge in [0.15, 0.2) is 5.13 Å². The van der Waals surface area contributed by atoms with Crippen LogP contribution in [0, 0.1) is 0 Å². The molecule has 3 rings (SSSR count). The quantitative estimate of drug-likeness (QED) is 0.107. The number of aromatic nitrogens is 2. The van der Waals surface area contributed by atoms with Gasteiger partial charge in [0, 0.05) is 28.2 Å². The number of oxime groups is 1. The summed E-state index contributed by atoms with van der Waals surface area (Å²) < 4.78 is 3.79. The molecule has 8 N–H and O–H groups in total. The van der Waals surface area contributed by atoms with E-state index in [0.29, 0.717) is 4.91 Å². The minimum Gasteiger partial charge on any atom is -0.477 e. The van der Waals surface area contributed by atoms with Crippen LogP contribution in [-0.4, -0.2) is 83.0 Å². The predicted molar refractivity (Wildman–Crippen MR) is 114 cm³/mol. The van der Waals surface area contributed by atoms with Crippen LogP contribution in [0.25, 0.3) is 0 Å². The van der Waals surface area contributed by atoms with Crippen LogP contribution in [-0.2, 0) is 14.4 Å². The van der Waals surface area contributed by atoms with Crippen molar-refractivity contribution in [2.45, 2.75) is 17.5 Å². The van der Waals surface area contributed by atoms with Gasteiger partial charge in [-0.2, -0.15) is 9.36 Å². The fourth-order valence-electron chi connectivity index (χ4n) is 2.70. The number of aliphatic hydroxyl groups excluding tert-OH is 1. The Kier molecular flexibility index (Phi) is 7.16. The zero-order valence-electron chi connectivity index (χ0n) is 15.5. The Balaban J connectivity index is 1.74. The summed E-state index contributed by atoms with van der Waals surface area (Å²) in [5, 5.41) is 34.0. The molecule has 1 aromatic heterocycles. The zero-order valence-corrected chi connectivity index (χ0v) is 18.0. The highest BCUT2D eigenvalue weighted by molar-refractivity contribution is 8.08. The topological polar surface area (TPSA) is 217 Å². The van der Waals surface area contributed by atoms with Crippen LogP contribution in [0.1, 0.15) is 5.82 Å². The first-order valence-corrected chi connectivity index (χ1v) is 11.2. The maximum absolute atomic E-state index is 12.6. The Morgan fingerprint density at radius 1 is 1.48 bits per heavy atom. The summed E-state index contributed by atoms with van der Waals surface area (Å²) in [7, 11) is 0. The molecule has 1 unspecified atom stereocenters. The van der Waals surface area contributed by atoms with Gasteiger partial charge in [-0.15, -0.1) is 11.8 Å². The third kappa shape index (κ3) is 4.67. The van der Waals surface area contributed by atoms with E-state index in [9.17, 15) is 19.5 Å². The first-order valence-electron chi connectivity index (χ1n) is 8.51. The smallest absolute Gasteiger partial charge is 0.353 e. The molecule has 0 saturated carbocycles. The lowest BCUT2D eigenvalue weighted by atomic mass is 10.0. The first-order chi connectivity index (χ1) is 14.8. The number of nitrogens with two attached hydrogens (primary N) is 2. The average Bonchev–Trinajstić information content (AvgIpc) is 3.17. The molecule has 1 aromatic rings. The Labute approximate surface area is 187 Å². The molecule has 2 amide bonds. The number of rotatable bonds is 8. The number of hydrogen-bond acceptors (Lipinski definition) is 13. The second-order valence-electron chi connectivity index (χ2n) is 6.14. The van der Waals surface area contributed by atoms with Crippen molar-refractivity contribution in [2.75, 3.05) is 18.1 Å². The van der Waals surface area contributed by atoms with Crippen LogP contribution in [0.5, 0.6) is 0 Å². The van der Waals surface area contributed by atoms with Gasteiger partial charge in [0.25, 0.3) is 11.8 Å². The Morgan fingerprint density at radius 3 is 2.81 bits per heavy atom. The van der Waals surface area contributed by atoms with Gasteiger partial charge in [-0.25, -0.2) is 4.79 Å². The highest BCUT2D eigenvalue weighted by atomic mass is 32.2. The highest BCUT2D eigenvalue weighted by Gasteiger charge is 2.54. The number of aliphatic carboxylic acids is 1. The number of nitrogens with one attached hydrogen (secondary N) is 1. The number of nitrogen functional groups attached to an aromatic ring is 1. The van der Waals surface area contributed by atoms with Crippen LogP contribution >= 0.6 is 35.1 Å². The van der Waals surface area contributed by atoms with E-state index in [0.717, 1.165) is 28.2 Å². The number of hydrogen-bond donors (Lipinski definition) is 6. The van der Waals surface area contributed by atoms with E-state index in [1.807, 2.05) is 0 Å². The van der Waals surface area contributed by atoms with E-state index in [-0.39, 0.29) is 29.0 Å². The van der Waals surface area contributed by atoms with Gasteiger partial charge in [-0.1, -0.05) is 23.0 Å². The van der Waals surface area contributed by atoms with Crippen molar-refractivity contribution in [1.82, 2.24) is 19.6 Å². The standard InChI is InChI=1S/C15H17N7O6S3/c16-5(3-23)1-2-29-6-4-30-13-8(12(25)22(13)9(6)14(26)27)18-11(24)7(20-28)10-19-15(17)31-21-10/h1-2,5,8,13,23,28H,3-4,16H2,(H,18,24)(H,26,27)(H2,17,19,21)/b2-1-,20-7-/t5-,8?,13-/m1/s1. The zero-order chi connectivity index (χ0) is 22.7. The number of carbonyl (C=O) groups excluding carboxylic acids is 2. The number of thioether (sulfide) groups is 2. The molecule has 31 heavy (non-hydrogen) atoms. The number of β-lactam (4-membered cyclic amide) rings is 1. The summed E-state index contributed by atoms with van der Waals surface area (Å²) in [6.07, 6.45) is 1.52. The minimum absolute atomic E-state index is 0.0629. The summed E-state index contributed by atoms with van der Waals surface area (Å²) in [5.41, 5.74) is 10.3. The number of anilines is 1. The molecule has 2 aliphatic rings. The fraction of sp³-hybridized carbons (Fsp3) is 0.333. The maximum Gasteiger partial charge on any atom is 0.353 e. The van der Waals surface area contributed by atoms with E-state index >= 15 is 0 Å². The molecule has 1 fully saturated rings. The molecular weight excluding hydrogens is 470 g/mol. The summed E-state index contributed by atoms with van der Waals surface area (Å²) in [4.78, 5) is 42.2. The summed E-state index contributed by atoms with van der Waals surface area (Å²) in [5.74, 6) is -2.73. The second kappa shape index (κ2) is 9.65. The van der Waals surface area contributed by atoms with Gasteiger partial charge in [0.2, 0.25) is 11.5 Å². The van der Waals surface area contributed by atoms with E-state index in [4.69, 9.17) is 21.8 Å². The molecule has 1 saturated heterocycles. The van der Waals surface area contributed by atoms with Crippen molar-refractivity contribution >= 4 is 63.7 Å². The molecule has 3 atom stereocenters. The number of amides is 2. The fourth-order valence-corrected chi connectivity index (χ4v) is 5.54. The lowest BCUT2D eigenvalue weighted by Crippen LogP contribution is -2.71. The van der Waals surface area contributed by atoms with Crippen LogP contribution < -0.4 is 16.8 Å². The Hall–Kier alpha value is -2.66. The van der Waals surface area contributed by atoms with Gasteiger partial charge < -0.3 is 32.2 Å². The van der Waals surface area contributed by atoms with E-state index < -0.39 is 41.0 Å². The molecule has 0 aromatic carbocycles. The summed E-state index contributed by atoms with van der Waals surface area (Å²) >= 11 is 3.15. The van der Waals surface area contributed by atoms with Gasteiger partial charge in [-0.05, 0) is 5.41 Å². The van der Waals surface area contributed by atoms with Gasteiger partial charge in [0.05, 0.1) is 6.61 Å². The average molecular weight is 488 g/mol. The summed E-state index contributed by atoms with van der Waals surface area (Å²) in [6, 6.07) is -1.61. The largest absolute Gasteiger partial charge is 0.477 e. The maximum atomic E-state index is 12.6. The number of carboxylic acid groups (broad SMARTS) is 1. The van der Waals surface area contributed by atoms with Gasteiger partial charge in [0.1, 0.15) is 17.1 Å². The number of carbonyl (C=O) groups is 3. The highest BCUT2D eigenvalue weighted by Crippen LogP contribution is 2.43. The van der Waals surface area contributed by atoms with Crippen molar-refractivity contribution in [3.8, 4) is 0 Å². The second-order valence-corrected chi connectivity index (χ2v) is 9.02. The number of carboxylic acids is 1. The van der Waals surface area contributed by atoms with Crippen molar-refractivity contribution < 1.29 is 29.8 Å². The molecule has 0 spiro atoms. The molecule has 166 valence electrons. The normalized spacial score (nSPS) is 22.3. The Morgan fingerprint density at radius 2 is 2.23 bits per heavy atom. The lowest BCUT2D eigenvalue weighted by molar-refractivity contribution is -0.150. The molecule has 2 aliphatic heterocycles. The van der Waals surface area contributed by atoms with E-state index in [1.165, 1.54) is 17.8 Å². The third-order valence-corrected chi connectivity index (χ3v) is 7.06. The lowest BCUT2D eigenvalue weighted by Gasteiger charge is -2.49. The van der Waals surface area contributed by atoms with Crippen molar-refractivity contribution in [3.63, 3.8) is 0 Å². The molecule has 0 aliphatic carbocycles. The summed E-state index contributed by atoms with van der Waals surface area (Å²) in [6.45, 7) is -0.257. The number of fused-ring (bicyclic) bond motifs is 1. The molecule has 13 nitrogen and oxygen atoms in total. The monoisotopic (exact) mass is 487 g/mol. The van der Waals surface area contributed by atoms with Gasteiger partial charge in [-0.3, -0.25) is 14.5 Å². The van der Waals surface area contributed by atoms with E-state index in [1.54, 1.807) is 5.41 Å². The SMILES string of the molecule is Nc1nc(/C(=N/O)C(=O)NC2C(=O)N3C(C(=O)O)=C(S/C=C\[C@@H](N)CO)CS[C@H]23)ns1. The molecule has 0 radical (unpaired) electrons. The van der Waals surface area contributed by atoms with Crippen molar-refractivity contribution in [1.29, 1.82) is 0 Å². The molecule has 16 heteroatoms. The number of nitrogens with zero attached hydrogens (tertiary/aromatic N) is 4. The van der Waals surface area contributed by atoms with Gasteiger partial charge >= 0.3 is 5.97 Å². The Bertz CT molecular complexity index is 993. The van der Waals surface area contributed by atoms with E-state index in [2.05, 4.69) is 19.8 Å². The van der Waals surface area contributed by atoms with Crippen LogP contribution in [0.3, 0.4) is 0 Å². The van der Waals surface area contributed by atoms with Crippen molar-refractivity contribution in [3.05, 3.63) is 27.9 Å². The molecule has 0 bridgehead atoms.